The zero-order valence-corrected chi connectivity index (χ0v) is 17.9. The third kappa shape index (κ3) is 5.43. The molecule has 1 fully saturated rings. The average molecular weight is 432 g/mol. The van der Waals surface area contributed by atoms with Crippen molar-refractivity contribution in [1.82, 2.24) is 4.90 Å². The van der Waals surface area contributed by atoms with Crippen LogP contribution in [0.5, 0.6) is 5.75 Å². The average Bonchev–Trinajstić information content (AvgIpc) is 2.78. The lowest BCUT2D eigenvalue weighted by Crippen LogP contribution is -2.46. The van der Waals surface area contributed by atoms with Gasteiger partial charge in [0.2, 0.25) is 0 Å². The van der Waals surface area contributed by atoms with Crippen molar-refractivity contribution < 1.29 is 19.1 Å². The SMILES string of the molecule is CCN1CCN(c2ccc(C(=O)OC)cc2NC(=O)COc2ccccc2Cl)CC1. The second-order valence-electron chi connectivity index (χ2n) is 6.91. The number of likely N-dealkylation sites (N-methyl/N-ethyl adjacent to an activating group) is 1. The summed E-state index contributed by atoms with van der Waals surface area (Å²) in [6, 6.07) is 12.2. The number of esters is 1. The highest BCUT2D eigenvalue weighted by Gasteiger charge is 2.21. The van der Waals surface area contributed by atoms with Crippen molar-refractivity contribution in [3.05, 3.63) is 53.1 Å². The van der Waals surface area contributed by atoms with Crippen molar-refractivity contribution >= 4 is 34.9 Å². The molecule has 2 aromatic carbocycles. The summed E-state index contributed by atoms with van der Waals surface area (Å²) in [5.74, 6) is -0.362. The molecule has 30 heavy (non-hydrogen) atoms. The zero-order chi connectivity index (χ0) is 21.5. The lowest BCUT2D eigenvalue weighted by atomic mass is 10.1. The molecule has 7 nitrogen and oxygen atoms in total. The van der Waals surface area contributed by atoms with Crippen LogP contribution in [0.2, 0.25) is 5.02 Å². The largest absolute Gasteiger partial charge is 0.482 e. The summed E-state index contributed by atoms with van der Waals surface area (Å²) in [6.45, 7) is 6.52. The Morgan fingerprint density at radius 2 is 1.83 bits per heavy atom. The molecular weight excluding hydrogens is 406 g/mol. The second kappa shape index (κ2) is 10.3. The number of halogens is 1. The van der Waals surface area contributed by atoms with Crippen molar-refractivity contribution in [2.75, 3.05) is 56.7 Å². The molecule has 0 unspecified atom stereocenters. The number of anilines is 2. The van der Waals surface area contributed by atoms with Crippen LogP contribution in [-0.2, 0) is 9.53 Å². The number of nitrogens with one attached hydrogen (secondary N) is 1. The normalized spacial score (nSPS) is 14.3. The van der Waals surface area contributed by atoms with Crippen LogP contribution in [0.25, 0.3) is 0 Å². The van der Waals surface area contributed by atoms with Crippen LogP contribution in [0.3, 0.4) is 0 Å². The Kier molecular flexibility index (Phi) is 7.54. The molecule has 1 N–H and O–H groups in total. The van der Waals surface area contributed by atoms with Crippen LogP contribution in [0.15, 0.2) is 42.5 Å². The third-order valence-corrected chi connectivity index (χ3v) is 5.36. The minimum absolute atomic E-state index is 0.199. The van der Waals surface area contributed by atoms with Crippen molar-refractivity contribution in [3.63, 3.8) is 0 Å². The molecule has 1 aliphatic rings. The number of amides is 1. The number of rotatable bonds is 7. The molecule has 0 bridgehead atoms. The van der Waals surface area contributed by atoms with Gasteiger partial charge in [0.05, 0.1) is 29.1 Å². The van der Waals surface area contributed by atoms with E-state index in [1.807, 2.05) is 6.07 Å². The summed E-state index contributed by atoms with van der Waals surface area (Å²) in [5, 5.41) is 3.31. The molecule has 0 aromatic heterocycles. The number of piperazine rings is 1. The summed E-state index contributed by atoms with van der Waals surface area (Å²) < 4.78 is 10.3. The Morgan fingerprint density at radius 3 is 2.50 bits per heavy atom. The molecular formula is C22H26ClN3O4. The highest BCUT2D eigenvalue weighted by molar-refractivity contribution is 6.32. The number of ether oxygens (including phenoxy) is 2. The van der Waals surface area contributed by atoms with Gasteiger partial charge in [-0.1, -0.05) is 30.7 Å². The fourth-order valence-corrected chi connectivity index (χ4v) is 3.54. The summed E-state index contributed by atoms with van der Waals surface area (Å²) in [5.41, 5.74) is 1.79. The van der Waals surface area contributed by atoms with Crippen molar-refractivity contribution in [2.45, 2.75) is 6.92 Å². The number of carbonyl (C=O) groups excluding carboxylic acids is 2. The minimum atomic E-state index is -0.458. The summed E-state index contributed by atoms with van der Waals surface area (Å²) in [4.78, 5) is 29.1. The molecule has 0 spiro atoms. The first-order chi connectivity index (χ1) is 14.5. The van der Waals surface area contributed by atoms with Crippen molar-refractivity contribution in [1.29, 1.82) is 0 Å². The molecule has 0 aliphatic carbocycles. The van der Waals surface area contributed by atoms with E-state index in [1.54, 1.807) is 36.4 Å². The van der Waals surface area contributed by atoms with Gasteiger partial charge in [-0.05, 0) is 36.9 Å². The molecule has 1 aliphatic heterocycles. The van der Waals surface area contributed by atoms with Gasteiger partial charge in [0, 0.05) is 26.2 Å². The fourth-order valence-electron chi connectivity index (χ4n) is 3.35. The monoisotopic (exact) mass is 431 g/mol. The molecule has 160 valence electrons. The predicted octanol–water partition coefficient (Wildman–Crippen LogP) is 3.29. The molecule has 0 saturated carbocycles. The van der Waals surface area contributed by atoms with Crippen LogP contribution < -0.4 is 15.0 Å². The highest BCUT2D eigenvalue weighted by atomic mass is 35.5. The molecule has 1 amide bonds. The molecule has 8 heteroatoms. The van der Waals surface area contributed by atoms with Gasteiger partial charge in [0.15, 0.2) is 6.61 Å². The first kappa shape index (κ1) is 21.9. The summed E-state index contributed by atoms with van der Waals surface area (Å²) in [7, 11) is 1.33. The van der Waals surface area contributed by atoms with Gasteiger partial charge < -0.3 is 24.6 Å². The Labute approximate surface area is 181 Å². The predicted molar refractivity (Wildman–Crippen MR) is 118 cm³/mol. The molecule has 1 heterocycles. The second-order valence-corrected chi connectivity index (χ2v) is 7.32. The van der Waals surface area contributed by atoms with Crippen LogP contribution in [0, 0.1) is 0 Å². The molecule has 0 atom stereocenters. The van der Waals surface area contributed by atoms with E-state index in [9.17, 15) is 9.59 Å². The molecule has 2 aromatic rings. The zero-order valence-electron chi connectivity index (χ0n) is 17.2. The van der Waals surface area contributed by atoms with Gasteiger partial charge in [-0.2, -0.15) is 0 Å². The van der Waals surface area contributed by atoms with E-state index in [0.29, 0.717) is 22.0 Å². The summed E-state index contributed by atoms with van der Waals surface area (Å²) >= 11 is 6.07. The molecule has 1 saturated heterocycles. The van der Waals surface area contributed by atoms with Gasteiger partial charge in [-0.15, -0.1) is 0 Å². The first-order valence-electron chi connectivity index (χ1n) is 9.88. The Hall–Kier alpha value is -2.77. The van der Waals surface area contributed by atoms with Gasteiger partial charge in [0.25, 0.3) is 5.91 Å². The van der Waals surface area contributed by atoms with Crippen LogP contribution >= 0.6 is 11.6 Å². The van der Waals surface area contributed by atoms with Crippen LogP contribution in [0.4, 0.5) is 11.4 Å². The van der Waals surface area contributed by atoms with Gasteiger partial charge in [-0.25, -0.2) is 4.79 Å². The topological polar surface area (TPSA) is 71.1 Å². The van der Waals surface area contributed by atoms with Gasteiger partial charge >= 0.3 is 5.97 Å². The molecule has 3 rings (SSSR count). The quantitative estimate of drug-likeness (QED) is 0.678. The van der Waals surface area contributed by atoms with E-state index in [1.165, 1.54) is 7.11 Å². The third-order valence-electron chi connectivity index (χ3n) is 5.05. The molecule has 0 radical (unpaired) electrons. The smallest absolute Gasteiger partial charge is 0.337 e. The maximum atomic E-state index is 12.6. The van der Waals surface area contributed by atoms with E-state index in [0.717, 1.165) is 38.4 Å². The number of benzene rings is 2. The number of hydrogen-bond donors (Lipinski definition) is 1. The Morgan fingerprint density at radius 1 is 1.10 bits per heavy atom. The lowest BCUT2D eigenvalue weighted by Gasteiger charge is -2.36. The maximum Gasteiger partial charge on any atom is 0.337 e. The van der Waals surface area contributed by atoms with E-state index in [2.05, 4.69) is 22.0 Å². The van der Waals surface area contributed by atoms with Crippen molar-refractivity contribution in [3.8, 4) is 5.75 Å². The number of nitrogens with zero attached hydrogens (tertiary/aromatic N) is 2. The minimum Gasteiger partial charge on any atom is -0.482 e. The fraction of sp³-hybridized carbons (Fsp3) is 0.364. The highest BCUT2D eigenvalue weighted by Crippen LogP contribution is 2.29. The maximum absolute atomic E-state index is 12.6. The van der Waals surface area contributed by atoms with E-state index in [4.69, 9.17) is 21.1 Å². The number of para-hydroxylation sites is 1. The number of methoxy groups -OCH3 is 1. The van der Waals surface area contributed by atoms with Gasteiger partial charge in [0.1, 0.15) is 5.75 Å². The lowest BCUT2D eigenvalue weighted by molar-refractivity contribution is -0.118. The number of carbonyl (C=O) groups is 2. The van der Waals surface area contributed by atoms with E-state index >= 15 is 0 Å². The van der Waals surface area contributed by atoms with Crippen LogP contribution in [-0.4, -0.2) is 63.2 Å². The van der Waals surface area contributed by atoms with Gasteiger partial charge in [-0.3, -0.25) is 4.79 Å². The Balaban J connectivity index is 1.75. The van der Waals surface area contributed by atoms with E-state index in [-0.39, 0.29) is 12.5 Å². The standard InChI is InChI=1S/C22H26ClN3O4/c1-3-25-10-12-26(13-11-25)19-9-8-16(22(28)29-2)14-18(19)24-21(27)15-30-20-7-5-4-6-17(20)23/h4-9,14H,3,10-13,15H2,1-2H3,(H,24,27). The first-order valence-corrected chi connectivity index (χ1v) is 10.3. The van der Waals surface area contributed by atoms with E-state index < -0.39 is 5.97 Å². The van der Waals surface area contributed by atoms with Crippen molar-refractivity contribution in [2.24, 2.45) is 0 Å². The number of hydrogen-bond acceptors (Lipinski definition) is 6. The van der Waals surface area contributed by atoms with Crippen LogP contribution in [0.1, 0.15) is 17.3 Å². The summed E-state index contributed by atoms with van der Waals surface area (Å²) in [6.07, 6.45) is 0. The Bertz CT molecular complexity index is 898.